The fourth-order valence-corrected chi connectivity index (χ4v) is 1.30. The minimum absolute atomic E-state index is 0.0442. The van der Waals surface area contributed by atoms with E-state index in [1.54, 1.807) is 0 Å². The molecule has 1 saturated heterocycles. The molecule has 0 aliphatic carbocycles. The Morgan fingerprint density at radius 3 is 2.79 bits per heavy atom. The lowest BCUT2D eigenvalue weighted by Gasteiger charge is -2.22. The first kappa shape index (κ1) is 8.75. The van der Waals surface area contributed by atoms with E-state index in [-0.39, 0.29) is 24.4 Å². The maximum Gasteiger partial charge on any atom is 0.240 e. The summed E-state index contributed by atoms with van der Waals surface area (Å²) in [4.78, 5) is 10.9. The highest BCUT2D eigenvalue weighted by Crippen LogP contribution is 2.10. The van der Waals surface area contributed by atoms with Gasteiger partial charge in [-0.25, -0.2) is 4.68 Å². The van der Waals surface area contributed by atoms with Gasteiger partial charge in [-0.3, -0.25) is 10.1 Å². The van der Waals surface area contributed by atoms with E-state index in [9.17, 15) is 4.79 Å². The molecule has 0 bridgehead atoms. The van der Waals surface area contributed by atoms with Crippen molar-refractivity contribution in [1.82, 2.24) is 25.5 Å². The SMILES string of the molecule is Nc1nnc(C2CNC(=O)CN2)n1N. The van der Waals surface area contributed by atoms with Gasteiger partial charge in [0, 0.05) is 6.54 Å². The number of hydrogen-bond donors (Lipinski definition) is 4. The van der Waals surface area contributed by atoms with E-state index in [1.165, 1.54) is 4.68 Å². The number of rotatable bonds is 1. The molecule has 14 heavy (non-hydrogen) atoms. The van der Waals surface area contributed by atoms with Crippen molar-refractivity contribution >= 4 is 11.9 Å². The molecule has 1 unspecified atom stereocenters. The Kier molecular flexibility index (Phi) is 1.97. The fourth-order valence-electron chi connectivity index (χ4n) is 1.30. The van der Waals surface area contributed by atoms with Crippen LogP contribution in [0.25, 0.3) is 0 Å². The molecule has 1 atom stereocenters. The van der Waals surface area contributed by atoms with Gasteiger partial charge in [0.1, 0.15) is 0 Å². The minimum Gasteiger partial charge on any atom is -0.366 e. The standard InChI is InChI=1S/C6H11N7O/c7-6-12-11-5(13(6)8)3-1-10-4(14)2-9-3/h3,9H,1-2,8H2,(H2,7,12)(H,10,14). The molecule has 0 aromatic carbocycles. The summed E-state index contributed by atoms with van der Waals surface area (Å²) in [5.41, 5.74) is 5.42. The zero-order valence-corrected chi connectivity index (χ0v) is 7.40. The molecule has 1 amide bonds. The van der Waals surface area contributed by atoms with Crippen LogP contribution in [0.5, 0.6) is 0 Å². The van der Waals surface area contributed by atoms with Crippen LogP contribution in [0, 0.1) is 0 Å². The van der Waals surface area contributed by atoms with Crippen LogP contribution in [-0.2, 0) is 4.79 Å². The van der Waals surface area contributed by atoms with E-state index in [4.69, 9.17) is 11.6 Å². The topological polar surface area (TPSA) is 124 Å². The quantitative estimate of drug-likeness (QED) is 0.364. The van der Waals surface area contributed by atoms with Gasteiger partial charge < -0.3 is 16.9 Å². The Balaban J connectivity index is 2.16. The van der Waals surface area contributed by atoms with Crippen molar-refractivity contribution in [2.24, 2.45) is 0 Å². The first-order valence-corrected chi connectivity index (χ1v) is 4.14. The Morgan fingerprint density at radius 1 is 1.50 bits per heavy atom. The Morgan fingerprint density at radius 2 is 2.29 bits per heavy atom. The summed E-state index contributed by atoms with van der Waals surface area (Å²) in [6.07, 6.45) is 0. The van der Waals surface area contributed by atoms with Crippen molar-refractivity contribution in [3.05, 3.63) is 5.82 Å². The van der Waals surface area contributed by atoms with Crippen molar-refractivity contribution in [2.75, 3.05) is 24.7 Å². The summed E-state index contributed by atoms with van der Waals surface area (Å²) >= 11 is 0. The molecule has 1 fully saturated rings. The van der Waals surface area contributed by atoms with Crippen molar-refractivity contribution in [3.63, 3.8) is 0 Å². The summed E-state index contributed by atoms with van der Waals surface area (Å²) < 4.78 is 1.20. The highest BCUT2D eigenvalue weighted by Gasteiger charge is 2.23. The van der Waals surface area contributed by atoms with Crippen LogP contribution in [0.2, 0.25) is 0 Å². The molecular formula is C6H11N7O. The lowest BCUT2D eigenvalue weighted by molar-refractivity contribution is -0.121. The number of carbonyl (C=O) groups excluding carboxylic acids is 1. The number of hydrogen-bond acceptors (Lipinski definition) is 6. The number of aromatic nitrogens is 3. The number of anilines is 1. The number of carbonyl (C=O) groups is 1. The zero-order chi connectivity index (χ0) is 10.1. The highest BCUT2D eigenvalue weighted by atomic mass is 16.2. The Labute approximate surface area is 79.6 Å². The van der Waals surface area contributed by atoms with Crippen molar-refractivity contribution in [3.8, 4) is 0 Å². The molecule has 1 aromatic heterocycles. The predicted octanol–water partition coefficient (Wildman–Crippen LogP) is -2.67. The van der Waals surface area contributed by atoms with Crippen molar-refractivity contribution < 1.29 is 4.79 Å². The van der Waals surface area contributed by atoms with Crippen LogP contribution in [0.15, 0.2) is 0 Å². The van der Waals surface area contributed by atoms with Crippen LogP contribution in [-0.4, -0.2) is 33.9 Å². The third kappa shape index (κ3) is 1.35. The number of amides is 1. The van der Waals surface area contributed by atoms with Gasteiger partial charge in [0.15, 0.2) is 5.82 Å². The van der Waals surface area contributed by atoms with Crippen LogP contribution in [0.4, 0.5) is 5.95 Å². The molecule has 1 aliphatic heterocycles. The molecule has 2 heterocycles. The van der Waals surface area contributed by atoms with Gasteiger partial charge in [0.25, 0.3) is 0 Å². The maximum absolute atomic E-state index is 10.9. The fraction of sp³-hybridized carbons (Fsp3) is 0.500. The summed E-state index contributed by atoms with van der Waals surface area (Å²) in [6, 6.07) is -0.137. The second-order valence-corrected chi connectivity index (χ2v) is 3.02. The smallest absolute Gasteiger partial charge is 0.240 e. The Hall–Kier alpha value is -1.83. The van der Waals surface area contributed by atoms with Gasteiger partial charge in [-0.05, 0) is 0 Å². The third-order valence-corrected chi connectivity index (χ3v) is 2.07. The normalized spacial score (nSPS) is 22.0. The molecule has 0 spiro atoms. The number of nitrogens with one attached hydrogen (secondary N) is 2. The van der Waals surface area contributed by atoms with E-state index in [0.717, 1.165) is 0 Å². The number of nitrogens with two attached hydrogens (primary N) is 2. The first-order valence-electron chi connectivity index (χ1n) is 4.14. The van der Waals surface area contributed by atoms with Crippen molar-refractivity contribution in [2.45, 2.75) is 6.04 Å². The van der Waals surface area contributed by atoms with E-state index in [1.807, 2.05) is 0 Å². The second-order valence-electron chi connectivity index (χ2n) is 3.02. The third-order valence-electron chi connectivity index (χ3n) is 2.07. The average molecular weight is 197 g/mol. The van der Waals surface area contributed by atoms with E-state index < -0.39 is 0 Å². The summed E-state index contributed by atoms with van der Waals surface area (Å²) in [5.74, 6) is 6.21. The highest BCUT2D eigenvalue weighted by molar-refractivity contribution is 5.78. The number of nitrogens with zero attached hydrogens (tertiary/aromatic N) is 3. The molecule has 0 radical (unpaired) electrons. The van der Waals surface area contributed by atoms with E-state index in [2.05, 4.69) is 20.8 Å². The average Bonchev–Trinajstić information content (AvgIpc) is 2.50. The minimum atomic E-state index is -0.137. The maximum atomic E-state index is 10.9. The van der Waals surface area contributed by atoms with Gasteiger partial charge in [-0.15, -0.1) is 10.2 Å². The molecule has 0 saturated carbocycles. The molecule has 6 N–H and O–H groups in total. The van der Waals surface area contributed by atoms with E-state index in [0.29, 0.717) is 12.4 Å². The number of piperazine rings is 1. The lowest BCUT2D eigenvalue weighted by atomic mass is 10.2. The molecular weight excluding hydrogens is 186 g/mol. The van der Waals surface area contributed by atoms with Gasteiger partial charge in [0.2, 0.25) is 11.9 Å². The van der Waals surface area contributed by atoms with Gasteiger partial charge in [0.05, 0.1) is 12.6 Å². The Bertz CT molecular complexity index is 349. The molecule has 1 aliphatic rings. The summed E-state index contributed by atoms with van der Waals surface area (Å²) in [7, 11) is 0. The number of nitrogen functional groups attached to an aromatic ring is 2. The summed E-state index contributed by atoms with van der Waals surface area (Å²) in [6.45, 7) is 0.686. The van der Waals surface area contributed by atoms with Gasteiger partial charge in [-0.2, -0.15) is 0 Å². The van der Waals surface area contributed by atoms with Crippen LogP contribution < -0.4 is 22.2 Å². The molecule has 76 valence electrons. The van der Waals surface area contributed by atoms with Gasteiger partial charge in [-0.1, -0.05) is 0 Å². The van der Waals surface area contributed by atoms with E-state index >= 15 is 0 Å². The summed E-state index contributed by atoms with van der Waals surface area (Å²) in [5, 5.41) is 13.1. The molecule has 8 heteroatoms. The van der Waals surface area contributed by atoms with Crippen molar-refractivity contribution in [1.29, 1.82) is 0 Å². The van der Waals surface area contributed by atoms with Crippen LogP contribution in [0.3, 0.4) is 0 Å². The van der Waals surface area contributed by atoms with Crippen LogP contribution >= 0.6 is 0 Å². The van der Waals surface area contributed by atoms with Gasteiger partial charge >= 0.3 is 0 Å². The first-order chi connectivity index (χ1) is 6.68. The monoisotopic (exact) mass is 197 g/mol. The van der Waals surface area contributed by atoms with Crippen LogP contribution in [0.1, 0.15) is 11.9 Å². The predicted molar refractivity (Wildman–Crippen MR) is 48.3 cm³/mol. The lowest BCUT2D eigenvalue weighted by Crippen LogP contribution is -2.48. The zero-order valence-electron chi connectivity index (χ0n) is 7.40. The molecule has 1 aromatic rings. The molecule has 8 nitrogen and oxygen atoms in total. The largest absolute Gasteiger partial charge is 0.366 e. The second kappa shape index (κ2) is 3.14. The molecule has 2 rings (SSSR count).